The number of aliphatic hydroxyl groups excluding tert-OH is 1. The maximum absolute atomic E-state index is 8.87. The van der Waals surface area contributed by atoms with Gasteiger partial charge >= 0.3 is 0 Å². The van der Waals surface area contributed by atoms with Crippen LogP contribution in [-0.4, -0.2) is 10.1 Å². The van der Waals surface area contributed by atoms with Crippen molar-refractivity contribution in [3.63, 3.8) is 0 Å². The lowest BCUT2D eigenvalue weighted by atomic mass is 10.5. The maximum Gasteiger partial charge on any atom is 0.133 e. The Kier molecular flexibility index (Phi) is 2.78. The lowest BCUT2D eigenvalue weighted by molar-refractivity contribution is 0.285. The number of nitrogens with zero attached hydrogens (tertiary/aromatic N) is 1. The molecule has 1 N–H and O–H groups in total. The molecular weight excluding hydrogens is 270 g/mol. The summed E-state index contributed by atoms with van der Waals surface area (Å²) < 4.78 is 1.08. The minimum Gasteiger partial charge on any atom is -0.391 e. The Morgan fingerprint density at radius 1 is 1.54 bits per heavy atom. The predicted octanol–water partition coefficient (Wildman–Crippen LogP) is 3.13. The lowest BCUT2D eigenvalue weighted by Gasteiger charge is -1.85. The van der Waals surface area contributed by atoms with E-state index < -0.39 is 0 Å². The molecule has 2 heterocycles. The van der Waals surface area contributed by atoms with Gasteiger partial charge in [0.25, 0.3) is 0 Å². The van der Waals surface area contributed by atoms with Crippen molar-refractivity contribution in [3.8, 4) is 9.88 Å². The van der Waals surface area contributed by atoms with E-state index in [1.807, 2.05) is 11.4 Å². The third kappa shape index (κ3) is 1.99. The fourth-order valence-corrected chi connectivity index (χ4v) is 3.19. The highest BCUT2D eigenvalue weighted by molar-refractivity contribution is 9.10. The molecule has 0 spiro atoms. The summed E-state index contributed by atoms with van der Waals surface area (Å²) in [5.41, 5.74) is 0. The molecule has 0 unspecified atom stereocenters. The van der Waals surface area contributed by atoms with Crippen LogP contribution in [0.25, 0.3) is 9.88 Å². The van der Waals surface area contributed by atoms with Crippen LogP contribution in [0.15, 0.2) is 22.1 Å². The van der Waals surface area contributed by atoms with E-state index in [0.29, 0.717) is 0 Å². The van der Waals surface area contributed by atoms with Gasteiger partial charge in [-0.25, -0.2) is 4.98 Å². The topological polar surface area (TPSA) is 33.1 Å². The van der Waals surface area contributed by atoms with E-state index >= 15 is 0 Å². The number of hydrogen-bond donors (Lipinski definition) is 1. The molecule has 2 aromatic rings. The fourth-order valence-electron chi connectivity index (χ4n) is 0.920. The highest BCUT2D eigenvalue weighted by atomic mass is 79.9. The fraction of sp³-hybridized carbons (Fsp3) is 0.125. The monoisotopic (exact) mass is 275 g/mol. The molecule has 0 aliphatic heterocycles. The van der Waals surface area contributed by atoms with Gasteiger partial charge in [0.05, 0.1) is 16.4 Å². The number of thiazole rings is 1. The van der Waals surface area contributed by atoms with Crippen molar-refractivity contribution in [2.24, 2.45) is 0 Å². The number of halogens is 1. The maximum atomic E-state index is 8.87. The van der Waals surface area contributed by atoms with Crippen LogP contribution in [0.1, 0.15) is 4.88 Å². The largest absolute Gasteiger partial charge is 0.391 e. The first-order valence-electron chi connectivity index (χ1n) is 3.59. The summed E-state index contributed by atoms with van der Waals surface area (Å²) in [6, 6.07) is 2.03. The molecule has 0 amide bonds. The molecule has 0 aliphatic carbocycles. The summed E-state index contributed by atoms with van der Waals surface area (Å²) in [5, 5.41) is 11.9. The van der Waals surface area contributed by atoms with Gasteiger partial charge in [0.2, 0.25) is 0 Å². The number of rotatable bonds is 2. The zero-order chi connectivity index (χ0) is 9.26. The van der Waals surface area contributed by atoms with Gasteiger partial charge < -0.3 is 5.11 Å². The van der Waals surface area contributed by atoms with Crippen molar-refractivity contribution in [3.05, 3.63) is 27.0 Å². The van der Waals surface area contributed by atoms with Gasteiger partial charge in [0, 0.05) is 16.0 Å². The van der Waals surface area contributed by atoms with Gasteiger partial charge in [0.1, 0.15) is 5.01 Å². The molecule has 0 saturated heterocycles. The van der Waals surface area contributed by atoms with Crippen molar-refractivity contribution in [2.75, 3.05) is 0 Å². The second-order valence-electron chi connectivity index (χ2n) is 2.42. The van der Waals surface area contributed by atoms with Gasteiger partial charge in [-0.05, 0) is 22.0 Å². The Hall–Kier alpha value is -0.230. The van der Waals surface area contributed by atoms with E-state index in [9.17, 15) is 0 Å². The van der Waals surface area contributed by atoms with Crippen LogP contribution in [0.4, 0.5) is 0 Å². The van der Waals surface area contributed by atoms with E-state index in [1.165, 1.54) is 11.3 Å². The molecule has 68 valence electrons. The molecule has 0 aromatic carbocycles. The molecule has 2 nitrogen and oxygen atoms in total. The Morgan fingerprint density at radius 3 is 2.92 bits per heavy atom. The first kappa shape index (κ1) is 9.33. The molecule has 2 aromatic heterocycles. The quantitative estimate of drug-likeness (QED) is 0.914. The Balaban J connectivity index is 2.35. The Morgan fingerprint density at radius 2 is 2.38 bits per heavy atom. The smallest absolute Gasteiger partial charge is 0.133 e. The average Bonchev–Trinajstić information content (AvgIpc) is 2.71. The molecular formula is C8H6BrNOS2. The number of aliphatic hydroxyl groups is 1. The van der Waals surface area contributed by atoms with Crippen LogP contribution < -0.4 is 0 Å². The van der Waals surface area contributed by atoms with Gasteiger partial charge in [-0.2, -0.15) is 0 Å². The van der Waals surface area contributed by atoms with E-state index in [0.717, 1.165) is 19.2 Å². The normalized spacial score (nSPS) is 10.6. The molecule has 5 heteroatoms. The van der Waals surface area contributed by atoms with E-state index in [4.69, 9.17) is 5.11 Å². The van der Waals surface area contributed by atoms with E-state index in [1.54, 1.807) is 17.5 Å². The van der Waals surface area contributed by atoms with Crippen molar-refractivity contribution in [2.45, 2.75) is 6.61 Å². The standard InChI is InChI=1S/C8H6BrNOS2/c9-5-1-7(12-4-5)8-10-2-6(3-11)13-8/h1-2,4,11H,3H2. The summed E-state index contributed by atoms with van der Waals surface area (Å²) in [4.78, 5) is 6.26. The van der Waals surface area contributed by atoms with Crippen LogP contribution in [0.3, 0.4) is 0 Å². The Bertz CT molecular complexity index is 410. The summed E-state index contributed by atoms with van der Waals surface area (Å²) in [7, 11) is 0. The van der Waals surface area contributed by atoms with E-state index in [2.05, 4.69) is 20.9 Å². The van der Waals surface area contributed by atoms with Crippen LogP contribution in [0.5, 0.6) is 0 Å². The zero-order valence-corrected chi connectivity index (χ0v) is 9.75. The van der Waals surface area contributed by atoms with Crippen LogP contribution >= 0.6 is 38.6 Å². The van der Waals surface area contributed by atoms with Crippen LogP contribution in [-0.2, 0) is 6.61 Å². The predicted molar refractivity (Wildman–Crippen MR) is 59.0 cm³/mol. The summed E-state index contributed by atoms with van der Waals surface area (Å²) in [6.45, 7) is 0.0736. The van der Waals surface area contributed by atoms with Crippen molar-refractivity contribution in [1.29, 1.82) is 0 Å². The van der Waals surface area contributed by atoms with Gasteiger partial charge in [-0.3, -0.25) is 0 Å². The second kappa shape index (κ2) is 3.88. The molecule has 0 fully saturated rings. The summed E-state index contributed by atoms with van der Waals surface area (Å²) >= 11 is 6.56. The molecule has 0 atom stereocenters. The highest BCUT2D eigenvalue weighted by Gasteiger charge is 2.05. The minimum absolute atomic E-state index is 0.0736. The van der Waals surface area contributed by atoms with Crippen molar-refractivity contribution >= 4 is 38.6 Å². The molecule has 13 heavy (non-hydrogen) atoms. The SMILES string of the molecule is OCc1cnc(-c2cc(Br)cs2)s1. The minimum atomic E-state index is 0.0736. The first-order chi connectivity index (χ1) is 6.29. The van der Waals surface area contributed by atoms with Crippen LogP contribution in [0.2, 0.25) is 0 Å². The number of hydrogen-bond acceptors (Lipinski definition) is 4. The lowest BCUT2D eigenvalue weighted by Crippen LogP contribution is -1.70. The molecule has 0 bridgehead atoms. The van der Waals surface area contributed by atoms with E-state index in [-0.39, 0.29) is 6.61 Å². The summed E-state index contributed by atoms with van der Waals surface area (Å²) in [5.74, 6) is 0. The molecule has 0 radical (unpaired) electrons. The highest BCUT2D eigenvalue weighted by Crippen LogP contribution is 2.32. The third-order valence-corrected chi connectivity index (χ3v) is 4.33. The van der Waals surface area contributed by atoms with Gasteiger partial charge in [-0.1, -0.05) is 0 Å². The molecule has 2 rings (SSSR count). The van der Waals surface area contributed by atoms with Crippen molar-refractivity contribution in [1.82, 2.24) is 4.98 Å². The summed E-state index contributed by atoms with van der Waals surface area (Å²) in [6.07, 6.45) is 1.72. The zero-order valence-electron chi connectivity index (χ0n) is 6.53. The Labute approximate surface area is 92.0 Å². The van der Waals surface area contributed by atoms with Gasteiger partial charge in [0.15, 0.2) is 0 Å². The molecule has 0 aliphatic rings. The van der Waals surface area contributed by atoms with Gasteiger partial charge in [-0.15, -0.1) is 22.7 Å². The molecule has 0 saturated carbocycles. The second-order valence-corrected chi connectivity index (χ2v) is 5.36. The van der Waals surface area contributed by atoms with Crippen LogP contribution in [0, 0.1) is 0 Å². The third-order valence-electron chi connectivity index (χ3n) is 1.49. The average molecular weight is 276 g/mol. The number of thiophene rings is 1. The number of aromatic nitrogens is 1. The first-order valence-corrected chi connectivity index (χ1v) is 6.08. The van der Waals surface area contributed by atoms with Crippen molar-refractivity contribution < 1.29 is 5.11 Å².